The zero-order chi connectivity index (χ0) is 11.7. The van der Waals surface area contributed by atoms with Gasteiger partial charge in [-0.25, -0.2) is 0 Å². The Morgan fingerprint density at radius 1 is 0.941 bits per heavy atom. The van der Waals surface area contributed by atoms with Crippen molar-refractivity contribution < 1.29 is 9.53 Å². The van der Waals surface area contributed by atoms with Crippen molar-refractivity contribution in [3.63, 3.8) is 0 Å². The summed E-state index contributed by atoms with van der Waals surface area (Å²) in [6.07, 6.45) is 0.721. The predicted molar refractivity (Wildman–Crippen MR) is 65.0 cm³/mol. The highest BCUT2D eigenvalue weighted by Gasteiger charge is 2.29. The van der Waals surface area contributed by atoms with E-state index in [4.69, 9.17) is 4.74 Å². The molecule has 2 aromatic rings. The fourth-order valence-corrected chi connectivity index (χ4v) is 2.19. The molecule has 17 heavy (non-hydrogen) atoms. The summed E-state index contributed by atoms with van der Waals surface area (Å²) in [6, 6.07) is 17.5. The zero-order valence-corrected chi connectivity index (χ0v) is 9.30. The molecule has 0 aromatic heterocycles. The molecule has 3 rings (SSSR count). The first-order chi connectivity index (χ1) is 8.34. The molecule has 2 aromatic carbocycles. The van der Waals surface area contributed by atoms with Crippen molar-refractivity contribution in [1.82, 2.24) is 0 Å². The topological polar surface area (TPSA) is 26.3 Å². The fourth-order valence-electron chi connectivity index (χ4n) is 2.19. The number of para-hydroxylation sites is 1. The minimum absolute atomic E-state index is 0.157. The Labute approximate surface area is 99.9 Å². The van der Waals surface area contributed by atoms with Crippen molar-refractivity contribution in [2.45, 2.75) is 12.3 Å². The highest BCUT2D eigenvalue weighted by molar-refractivity contribution is 5.83. The van der Waals surface area contributed by atoms with Gasteiger partial charge in [0.05, 0.1) is 5.92 Å². The molecule has 1 unspecified atom stereocenters. The van der Waals surface area contributed by atoms with E-state index in [0.29, 0.717) is 5.75 Å². The third-order valence-electron chi connectivity index (χ3n) is 3.09. The van der Waals surface area contributed by atoms with E-state index in [2.05, 4.69) is 0 Å². The van der Waals surface area contributed by atoms with E-state index in [1.165, 1.54) is 0 Å². The highest BCUT2D eigenvalue weighted by atomic mass is 16.5. The summed E-state index contributed by atoms with van der Waals surface area (Å²) in [4.78, 5) is 11.9. The van der Waals surface area contributed by atoms with Gasteiger partial charge in [-0.1, -0.05) is 48.5 Å². The number of carbonyl (C=O) groups excluding carboxylic acids is 1. The molecule has 0 radical (unpaired) electrons. The maximum atomic E-state index is 11.9. The van der Waals surface area contributed by atoms with Gasteiger partial charge in [0.15, 0.2) is 0 Å². The monoisotopic (exact) mass is 224 g/mol. The van der Waals surface area contributed by atoms with Gasteiger partial charge in [0, 0.05) is 0 Å². The molecule has 84 valence electrons. The van der Waals surface area contributed by atoms with Gasteiger partial charge in [-0.05, 0) is 23.6 Å². The second-order valence-corrected chi connectivity index (χ2v) is 4.20. The average molecular weight is 224 g/mol. The van der Waals surface area contributed by atoms with E-state index >= 15 is 0 Å². The SMILES string of the molecule is O=C1Oc2ccccc2CC1c1ccccc1. The number of carbonyl (C=O) groups is 1. The smallest absolute Gasteiger partial charge is 0.319 e. The van der Waals surface area contributed by atoms with E-state index < -0.39 is 0 Å². The van der Waals surface area contributed by atoms with Crippen LogP contribution in [0.25, 0.3) is 0 Å². The molecule has 0 saturated heterocycles. The van der Waals surface area contributed by atoms with E-state index in [-0.39, 0.29) is 11.9 Å². The summed E-state index contributed by atoms with van der Waals surface area (Å²) in [7, 11) is 0. The largest absolute Gasteiger partial charge is 0.426 e. The van der Waals surface area contributed by atoms with Crippen LogP contribution in [0.1, 0.15) is 17.0 Å². The molecule has 1 atom stereocenters. The van der Waals surface area contributed by atoms with Gasteiger partial charge in [0.25, 0.3) is 0 Å². The van der Waals surface area contributed by atoms with Crippen LogP contribution in [0.3, 0.4) is 0 Å². The lowest BCUT2D eigenvalue weighted by Crippen LogP contribution is -2.25. The van der Waals surface area contributed by atoms with Crippen molar-refractivity contribution in [3.8, 4) is 5.75 Å². The summed E-state index contributed by atoms with van der Waals surface area (Å²) < 4.78 is 5.36. The van der Waals surface area contributed by atoms with E-state index in [1.807, 2.05) is 54.6 Å². The van der Waals surface area contributed by atoms with Crippen molar-refractivity contribution in [3.05, 3.63) is 65.7 Å². The number of fused-ring (bicyclic) bond motifs is 1. The minimum atomic E-state index is -0.175. The Hall–Kier alpha value is -2.09. The van der Waals surface area contributed by atoms with Crippen LogP contribution >= 0.6 is 0 Å². The number of rotatable bonds is 1. The molecular formula is C15H12O2. The van der Waals surface area contributed by atoms with Gasteiger partial charge >= 0.3 is 5.97 Å². The first-order valence-electron chi connectivity index (χ1n) is 5.69. The van der Waals surface area contributed by atoms with Crippen molar-refractivity contribution in [1.29, 1.82) is 0 Å². The van der Waals surface area contributed by atoms with Crippen LogP contribution in [0.2, 0.25) is 0 Å². The predicted octanol–water partition coefficient (Wildman–Crippen LogP) is 2.93. The third kappa shape index (κ3) is 1.82. The molecular weight excluding hydrogens is 212 g/mol. The summed E-state index contributed by atoms with van der Waals surface area (Å²) in [5.41, 5.74) is 2.12. The van der Waals surface area contributed by atoms with Crippen molar-refractivity contribution in [2.24, 2.45) is 0 Å². The van der Waals surface area contributed by atoms with Crippen molar-refractivity contribution in [2.75, 3.05) is 0 Å². The van der Waals surface area contributed by atoms with Crippen LogP contribution in [0.4, 0.5) is 0 Å². The Bertz CT molecular complexity index is 546. The molecule has 1 aliphatic heterocycles. The maximum absolute atomic E-state index is 11.9. The standard InChI is InChI=1S/C15H12O2/c16-15-13(11-6-2-1-3-7-11)10-12-8-4-5-9-14(12)17-15/h1-9,13H,10H2. The second-order valence-electron chi connectivity index (χ2n) is 4.20. The van der Waals surface area contributed by atoms with Gasteiger partial charge in [-0.15, -0.1) is 0 Å². The molecule has 2 nitrogen and oxygen atoms in total. The molecule has 0 bridgehead atoms. The van der Waals surface area contributed by atoms with Crippen LogP contribution in [0, 0.1) is 0 Å². The lowest BCUT2D eigenvalue weighted by molar-refractivity contribution is -0.137. The molecule has 1 heterocycles. The van der Waals surface area contributed by atoms with Gasteiger partial charge in [-0.2, -0.15) is 0 Å². The molecule has 0 amide bonds. The maximum Gasteiger partial charge on any atom is 0.319 e. The first-order valence-corrected chi connectivity index (χ1v) is 5.69. The summed E-state index contributed by atoms with van der Waals surface area (Å²) >= 11 is 0. The molecule has 0 spiro atoms. The van der Waals surface area contributed by atoms with Gasteiger partial charge in [0.2, 0.25) is 0 Å². The van der Waals surface area contributed by atoms with Crippen LogP contribution in [-0.4, -0.2) is 5.97 Å². The molecule has 0 aliphatic carbocycles. The average Bonchev–Trinajstić information content (AvgIpc) is 2.39. The Morgan fingerprint density at radius 3 is 2.47 bits per heavy atom. The molecule has 1 aliphatic rings. The summed E-state index contributed by atoms with van der Waals surface area (Å²) in [5.74, 6) is 0.366. The summed E-state index contributed by atoms with van der Waals surface area (Å²) in [6.45, 7) is 0. The van der Waals surface area contributed by atoms with Crippen LogP contribution in [0.5, 0.6) is 5.75 Å². The molecule has 0 fully saturated rings. The van der Waals surface area contributed by atoms with Gasteiger partial charge < -0.3 is 4.74 Å². The second kappa shape index (κ2) is 4.06. The Balaban J connectivity index is 1.98. The normalized spacial score (nSPS) is 18.4. The highest BCUT2D eigenvalue weighted by Crippen LogP contribution is 2.32. The Kier molecular flexibility index (Phi) is 2.41. The van der Waals surface area contributed by atoms with Gasteiger partial charge in [0.1, 0.15) is 5.75 Å². The molecule has 0 saturated carbocycles. The lowest BCUT2D eigenvalue weighted by atomic mass is 9.90. The number of ether oxygens (including phenoxy) is 1. The zero-order valence-electron chi connectivity index (χ0n) is 9.30. The quantitative estimate of drug-likeness (QED) is 0.550. The first kappa shape index (κ1) is 10.1. The fraction of sp³-hybridized carbons (Fsp3) is 0.133. The van der Waals surface area contributed by atoms with Crippen LogP contribution in [0.15, 0.2) is 54.6 Å². The minimum Gasteiger partial charge on any atom is -0.426 e. The number of hydrogen-bond acceptors (Lipinski definition) is 2. The van der Waals surface area contributed by atoms with Crippen LogP contribution in [-0.2, 0) is 11.2 Å². The summed E-state index contributed by atoms with van der Waals surface area (Å²) in [5, 5.41) is 0. The van der Waals surface area contributed by atoms with E-state index in [0.717, 1.165) is 17.5 Å². The molecule has 0 N–H and O–H groups in total. The van der Waals surface area contributed by atoms with Crippen molar-refractivity contribution >= 4 is 5.97 Å². The number of esters is 1. The number of benzene rings is 2. The van der Waals surface area contributed by atoms with Gasteiger partial charge in [-0.3, -0.25) is 4.79 Å². The number of hydrogen-bond donors (Lipinski definition) is 0. The Morgan fingerprint density at radius 2 is 1.65 bits per heavy atom. The van der Waals surface area contributed by atoms with E-state index in [9.17, 15) is 4.79 Å². The third-order valence-corrected chi connectivity index (χ3v) is 3.09. The van der Waals surface area contributed by atoms with Crippen LogP contribution < -0.4 is 4.74 Å². The lowest BCUT2D eigenvalue weighted by Gasteiger charge is -2.23. The molecule has 2 heteroatoms. The van der Waals surface area contributed by atoms with E-state index in [1.54, 1.807) is 0 Å².